The van der Waals surface area contributed by atoms with Crippen LogP contribution >= 0.6 is 23.1 Å². The smallest absolute Gasteiger partial charge is 0.348 e. The first kappa shape index (κ1) is 27.9. The summed E-state index contributed by atoms with van der Waals surface area (Å²) >= 11 is 2.13. The molecule has 0 bridgehead atoms. The topological polar surface area (TPSA) is 135 Å². The minimum atomic E-state index is -0.552. The summed E-state index contributed by atoms with van der Waals surface area (Å²) in [4.78, 5) is 43.3. The van der Waals surface area contributed by atoms with E-state index >= 15 is 0 Å². The Morgan fingerprint density at radius 1 is 1.00 bits per heavy atom. The van der Waals surface area contributed by atoms with Crippen LogP contribution in [0.25, 0.3) is 11.4 Å². The number of hydrogen-bond donors (Lipinski definition) is 3. The molecule has 2 aromatic heterocycles. The SMILES string of the molecule is CCOC(=O)c1sc(NC(=O)CSc2n[nH]c(-c3ccccc3OCC)n2)c(C(=O)Nc2ccccc2)c1C. The molecule has 2 heterocycles. The molecule has 0 spiro atoms. The van der Waals surface area contributed by atoms with E-state index in [-0.39, 0.29) is 33.7 Å². The standard InChI is InChI=1S/C27H27N5O5S2/c1-4-36-19-14-10-9-13-18(19)23-30-27(32-31-23)38-15-20(33)29-25-21(16(3)22(39-25)26(35)37-5-2)24(34)28-17-11-7-6-8-12-17/h6-14H,4-5,15H2,1-3H3,(H,28,34)(H,29,33)(H,30,31,32). The largest absolute Gasteiger partial charge is 0.493 e. The molecular weight excluding hydrogens is 538 g/mol. The summed E-state index contributed by atoms with van der Waals surface area (Å²) in [6.45, 7) is 5.96. The Morgan fingerprint density at radius 2 is 1.74 bits per heavy atom. The van der Waals surface area contributed by atoms with Crippen molar-refractivity contribution in [1.82, 2.24) is 15.2 Å². The van der Waals surface area contributed by atoms with Crippen molar-refractivity contribution >= 4 is 51.6 Å². The molecule has 0 atom stereocenters. The molecule has 39 heavy (non-hydrogen) atoms. The molecule has 0 radical (unpaired) electrons. The lowest BCUT2D eigenvalue weighted by molar-refractivity contribution is -0.113. The van der Waals surface area contributed by atoms with E-state index in [1.165, 1.54) is 0 Å². The molecule has 4 rings (SSSR count). The number of thioether (sulfide) groups is 1. The fourth-order valence-electron chi connectivity index (χ4n) is 3.65. The molecular formula is C27H27N5O5S2. The molecule has 202 valence electrons. The molecule has 0 aliphatic rings. The number of thiophene rings is 1. The molecule has 0 aliphatic carbocycles. The van der Waals surface area contributed by atoms with Crippen molar-refractivity contribution in [2.24, 2.45) is 0 Å². The number of nitrogens with zero attached hydrogens (tertiary/aromatic N) is 2. The van der Waals surface area contributed by atoms with E-state index in [0.29, 0.717) is 34.6 Å². The molecule has 2 amide bonds. The summed E-state index contributed by atoms with van der Waals surface area (Å²) in [6, 6.07) is 16.4. The molecule has 0 unspecified atom stereocenters. The van der Waals surface area contributed by atoms with Crippen LogP contribution in [0.3, 0.4) is 0 Å². The van der Waals surface area contributed by atoms with Crippen LogP contribution in [0, 0.1) is 6.92 Å². The maximum absolute atomic E-state index is 13.2. The van der Waals surface area contributed by atoms with Gasteiger partial charge in [-0.05, 0) is 50.6 Å². The second-order valence-electron chi connectivity index (χ2n) is 8.03. The van der Waals surface area contributed by atoms with Crippen LogP contribution in [-0.4, -0.2) is 51.9 Å². The lowest BCUT2D eigenvalue weighted by Crippen LogP contribution is -2.18. The zero-order chi connectivity index (χ0) is 27.8. The van der Waals surface area contributed by atoms with E-state index in [1.807, 2.05) is 37.3 Å². The van der Waals surface area contributed by atoms with Gasteiger partial charge in [0.2, 0.25) is 11.1 Å². The maximum atomic E-state index is 13.2. The molecule has 12 heteroatoms. The van der Waals surface area contributed by atoms with Crippen LogP contribution in [-0.2, 0) is 9.53 Å². The van der Waals surface area contributed by atoms with E-state index in [2.05, 4.69) is 25.8 Å². The van der Waals surface area contributed by atoms with Gasteiger partial charge < -0.3 is 20.1 Å². The van der Waals surface area contributed by atoms with Crippen molar-refractivity contribution in [3.63, 3.8) is 0 Å². The normalized spacial score (nSPS) is 10.6. The van der Waals surface area contributed by atoms with Crippen LogP contribution < -0.4 is 15.4 Å². The monoisotopic (exact) mass is 565 g/mol. The van der Waals surface area contributed by atoms with Crippen molar-refractivity contribution in [2.75, 3.05) is 29.6 Å². The predicted octanol–water partition coefficient (Wildman–Crippen LogP) is 5.40. The fourth-order valence-corrected chi connectivity index (χ4v) is 5.36. The van der Waals surface area contributed by atoms with Crippen LogP contribution in [0.15, 0.2) is 59.8 Å². The number of para-hydroxylation sites is 2. The number of aromatic nitrogens is 3. The highest BCUT2D eigenvalue weighted by Crippen LogP contribution is 2.35. The van der Waals surface area contributed by atoms with E-state index < -0.39 is 11.9 Å². The third-order valence-corrected chi connectivity index (χ3v) is 7.39. The highest BCUT2D eigenvalue weighted by molar-refractivity contribution is 7.99. The van der Waals surface area contributed by atoms with Gasteiger partial charge in [-0.3, -0.25) is 14.7 Å². The van der Waals surface area contributed by atoms with E-state index in [4.69, 9.17) is 9.47 Å². The Bertz CT molecular complexity index is 1470. The minimum Gasteiger partial charge on any atom is -0.493 e. The fraction of sp³-hybridized carbons (Fsp3) is 0.222. The Kier molecular flexibility index (Phi) is 9.34. The number of amides is 2. The van der Waals surface area contributed by atoms with Gasteiger partial charge in [-0.25, -0.2) is 9.78 Å². The highest BCUT2D eigenvalue weighted by Gasteiger charge is 2.27. The van der Waals surface area contributed by atoms with Crippen LogP contribution in [0.4, 0.5) is 10.7 Å². The quantitative estimate of drug-likeness (QED) is 0.163. The number of carbonyl (C=O) groups is 3. The number of hydrogen-bond acceptors (Lipinski definition) is 9. The van der Waals surface area contributed by atoms with Gasteiger partial charge in [-0.15, -0.1) is 16.4 Å². The molecule has 0 saturated heterocycles. The lowest BCUT2D eigenvalue weighted by atomic mass is 10.1. The molecule has 0 fully saturated rings. The molecule has 0 aliphatic heterocycles. The first-order chi connectivity index (χ1) is 18.9. The second kappa shape index (κ2) is 13.1. The predicted molar refractivity (Wildman–Crippen MR) is 152 cm³/mol. The summed E-state index contributed by atoms with van der Waals surface area (Å²) in [5.74, 6) is -0.196. The molecule has 0 saturated carbocycles. The molecule has 10 nitrogen and oxygen atoms in total. The molecule has 3 N–H and O–H groups in total. The highest BCUT2D eigenvalue weighted by atomic mass is 32.2. The number of carbonyl (C=O) groups excluding carboxylic acids is 3. The Balaban J connectivity index is 1.49. The van der Waals surface area contributed by atoms with Gasteiger partial charge in [0.25, 0.3) is 5.91 Å². The zero-order valence-corrected chi connectivity index (χ0v) is 23.2. The summed E-state index contributed by atoms with van der Waals surface area (Å²) in [6.07, 6.45) is 0. The lowest BCUT2D eigenvalue weighted by Gasteiger charge is -2.08. The van der Waals surface area contributed by atoms with Gasteiger partial charge >= 0.3 is 5.97 Å². The Labute approximate surface area is 233 Å². The van der Waals surface area contributed by atoms with Crippen molar-refractivity contribution in [1.29, 1.82) is 0 Å². The average Bonchev–Trinajstić information content (AvgIpc) is 3.53. The number of esters is 1. The summed E-state index contributed by atoms with van der Waals surface area (Å²) in [5, 5.41) is 13.3. The average molecular weight is 566 g/mol. The molecule has 4 aromatic rings. The first-order valence-corrected chi connectivity index (χ1v) is 14.0. The third-order valence-electron chi connectivity index (χ3n) is 5.36. The number of benzene rings is 2. The van der Waals surface area contributed by atoms with Gasteiger partial charge in [0.1, 0.15) is 15.6 Å². The van der Waals surface area contributed by atoms with Gasteiger partial charge in [-0.1, -0.05) is 42.1 Å². The van der Waals surface area contributed by atoms with Crippen molar-refractivity contribution in [2.45, 2.75) is 25.9 Å². The Morgan fingerprint density at radius 3 is 2.49 bits per heavy atom. The van der Waals surface area contributed by atoms with Crippen LogP contribution in [0.2, 0.25) is 0 Å². The van der Waals surface area contributed by atoms with Gasteiger partial charge in [0.05, 0.1) is 30.1 Å². The van der Waals surface area contributed by atoms with E-state index in [0.717, 1.165) is 28.7 Å². The third kappa shape index (κ3) is 6.84. The molecule has 2 aromatic carbocycles. The van der Waals surface area contributed by atoms with E-state index in [1.54, 1.807) is 38.1 Å². The summed E-state index contributed by atoms with van der Waals surface area (Å²) in [5.41, 5.74) is 1.99. The van der Waals surface area contributed by atoms with Gasteiger partial charge in [0.15, 0.2) is 5.82 Å². The van der Waals surface area contributed by atoms with Crippen molar-refractivity contribution in [3.8, 4) is 17.1 Å². The van der Waals surface area contributed by atoms with Gasteiger partial charge in [0, 0.05) is 5.69 Å². The van der Waals surface area contributed by atoms with Crippen molar-refractivity contribution < 1.29 is 23.9 Å². The summed E-state index contributed by atoms with van der Waals surface area (Å²) < 4.78 is 10.8. The maximum Gasteiger partial charge on any atom is 0.348 e. The van der Waals surface area contributed by atoms with Crippen LogP contribution in [0.5, 0.6) is 5.75 Å². The van der Waals surface area contributed by atoms with Crippen molar-refractivity contribution in [3.05, 3.63) is 70.6 Å². The Hall–Kier alpha value is -4.16. The number of nitrogens with one attached hydrogen (secondary N) is 3. The minimum absolute atomic E-state index is 0.0180. The number of anilines is 2. The number of rotatable bonds is 11. The van der Waals surface area contributed by atoms with Crippen LogP contribution in [0.1, 0.15) is 39.4 Å². The summed E-state index contributed by atoms with van der Waals surface area (Å²) in [7, 11) is 0. The first-order valence-electron chi connectivity index (χ1n) is 12.1. The second-order valence-corrected chi connectivity index (χ2v) is 10.00. The number of aromatic amines is 1. The van der Waals surface area contributed by atoms with Gasteiger partial charge in [-0.2, -0.15) is 0 Å². The zero-order valence-electron chi connectivity index (χ0n) is 21.6. The number of ether oxygens (including phenoxy) is 2. The number of H-pyrrole nitrogens is 1. The van der Waals surface area contributed by atoms with E-state index in [9.17, 15) is 14.4 Å².